The number of benzene rings is 1. The summed E-state index contributed by atoms with van der Waals surface area (Å²) in [7, 11) is -0.925. The summed E-state index contributed by atoms with van der Waals surface area (Å²) in [5.41, 5.74) is 1.69. The summed E-state index contributed by atoms with van der Waals surface area (Å²) < 4.78 is 11.5. The van der Waals surface area contributed by atoms with E-state index < -0.39 is 10.8 Å². The van der Waals surface area contributed by atoms with Crippen LogP contribution >= 0.6 is 11.8 Å². The van der Waals surface area contributed by atoms with Gasteiger partial charge in [-0.15, -0.1) is 0 Å². The molecule has 6 heteroatoms. The van der Waals surface area contributed by atoms with Gasteiger partial charge < -0.3 is 10.2 Å². The molecule has 0 saturated carbocycles. The molecule has 0 unspecified atom stereocenters. The maximum absolute atomic E-state index is 12.5. The van der Waals surface area contributed by atoms with Gasteiger partial charge in [-0.2, -0.15) is 11.8 Å². The van der Waals surface area contributed by atoms with Gasteiger partial charge in [0.05, 0.1) is 5.75 Å². The maximum Gasteiger partial charge on any atom is 0.321 e. The van der Waals surface area contributed by atoms with Gasteiger partial charge in [-0.25, -0.2) is 4.79 Å². The number of anilines is 1. The zero-order chi connectivity index (χ0) is 15.9. The SMILES string of the molecule is CS[C@H]1CCCCN(C(=O)Nc2ccccc2C[S@@](C)=O)C1. The standard InChI is InChI=1S/C16H24N2O2S2/c1-21-14-8-5-6-10-18(11-14)16(19)17-15-9-4-3-7-13(15)12-22(2)20/h3-4,7,9,14H,5-6,8,10-12H2,1-2H3,(H,17,19)/t14-,22+/m0/s1. The summed E-state index contributed by atoms with van der Waals surface area (Å²) >= 11 is 1.84. The van der Waals surface area contributed by atoms with Crippen molar-refractivity contribution >= 4 is 34.3 Å². The summed E-state index contributed by atoms with van der Waals surface area (Å²) in [6.07, 6.45) is 7.20. The van der Waals surface area contributed by atoms with Crippen LogP contribution in [-0.2, 0) is 16.6 Å². The number of hydrogen-bond donors (Lipinski definition) is 1. The Morgan fingerprint density at radius 3 is 2.91 bits per heavy atom. The van der Waals surface area contributed by atoms with Crippen molar-refractivity contribution in [3.05, 3.63) is 29.8 Å². The number of nitrogens with zero attached hydrogens (tertiary/aromatic N) is 1. The molecular weight excluding hydrogens is 316 g/mol. The van der Waals surface area contributed by atoms with E-state index in [1.54, 1.807) is 6.26 Å². The molecular formula is C16H24N2O2S2. The van der Waals surface area contributed by atoms with Gasteiger partial charge in [0.2, 0.25) is 0 Å². The van der Waals surface area contributed by atoms with Crippen LogP contribution in [0.5, 0.6) is 0 Å². The highest BCUT2D eigenvalue weighted by Crippen LogP contribution is 2.22. The molecule has 0 spiro atoms. The quantitative estimate of drug-likeness (QED) is 0.915. The van der Waals surface area contributed by atoms with Crippen molar-refractivity contribution in [2.75, 3.05) is 30.9 Å². The molecule has 1 aromatic carbocycles. The number of carbonyl (C=O) groups excluding carboxylic acids is 1. The number of carbonyl (C=O) groups is 1. The normalized spacial score (nSPS) is 20.3. The molecule has 1 fully saturated rings. The molecule has 1 heterocycles. The Labute approximate surface area is 139 Å². The number of urea groups is 1. The monoisotopic (exact) mass is 340 g/mol. The highest BCUT2D eigenvalue weighted by Gasteiger charge is 2.22. The Bertz CT molecular complexity index is 537. The van der Waals surface area contributed by atoms with Gasteiger partial charge in [0.1, 0.15) is 0 Å². The molecule has 1 N–H and O–H groups in total. The number of para-hydroxylation sites is 1. The third-order valence-electron chi connectivity index (χ3n) is 3.87. The number of thioether (sulfide) groups is 1. The molecule has 0 bridgehead atoms. The largest absolute Gasteiger partial charge is 0.323 e. The molecule has 2 rings (SSSR count). The van der Waals surface area contributed by atoms with E-state index in [2.05, 4.69) is 11.6 Å². The topological polar surface area (TPSA) is 49.4 Å². The lowest BCUT2D eigenvalue weighted by molar-refractivity contribution is 0.214. The summed E-state index contributed by atoms with van der Waals surface area (Å²) in [6, 6.07) is 7.56. The third-order valence-corrected chi connectivity index (χ3v) is 5.64. The molecule has 1 aromatic rings. The third kappa shape index (κ3) is 5.02. The van der Waals surface area contributed by atoms with Gasteiger partial charge in [-0.05, 0) is 30.7 Å². The van der Waals surface area contributed by atoms with Crippen LogP contribution in [0.3, 0.4) is 0 Å². The van der Waals surface area contributed by atoms with E-state index in [1.165, 1.54) is 12.8 Å². The van der Waals surface area contributed by atoms with Gasteiger partial charge >= 0.3 is 6.03 Å². The second kappa shape index (κ2) is 8.58. The van der Waals surface area contributed by atoms with E-state index in [-0.39, 0.29) is 6.03 Å². The molecule has 1 aliphatic rings. The Morgan fingerprint density at radius 1 is 1.41 bits per heavy atom. The van der Waals surface area contributed by atoms with Crippen molar-refractivity contribution in [3.63, 3.8) is 0 Å². The predicted molar refractivity (Wildman–Crippen MR) is 96.0 cm³/mol. The van der Waals surface area contributed by atoms with Crippen LogP contribution in [0.15, 0.2) is 24.3 Å². The zero-order valence-corrected chi connectivity index (χ0v) is 14.8. The number of amides is 2. The molecule has 2 amide bonds. The molecule has 0 aromatic heterocycles. The molecule has 4 nitrogen and oxygen atoms in total. The Balaban J connectivity index is 2.06. The van der Waals surface area contributed by atoms with Crippen LogP contribution in [0.1, 0.15) is 24.8 Å². The van der Waals surface area contributed by atoms with Crippen LogP contribution in [-0.4, -0.2) is 46.0 Å². The van der Waals surface area contributed by atoms with E-state index in [0.29, 0.717) is 11.0 Å². The van der Waals surface area contributed by atoms with Crippen LogP contribution in [0.25, 0.3) is 0 Å². The fourth-order valence-corrected chi connectivity index (χ4v) is 4.08. The zero-order valence-electron chi connectivity index (χ0n) is 13.2. The van der Waals surface area contributed by atoms with Crippen molar-refractivity contribution in [1.29, 1.82) is 0 Å². The molecule has 122 valence electrons. The van der Waals surface area contributed by atoms with E-state index in [0.717, 1.165) is 30.8 Å². The smallest absolute Gasteiger partial charge is 0.321 e. The number of nitrogens with one attached hydrogen (secondary N) is 1. The lowest BCUT2D eigenvalue weighted by atomic mass is 10.2. The summed E-state index contributed by atoms with van der Waals surface area (Å²) in [5, 5.41) is 3.52. The molecule has 1 aliphatic heterocycles. The van der Waals surface area contributed by atoms with Crippen LogP contribution in [0.4, 0.5) is 10.5 Å². The number of rotatable bonds is 4. The first kappa shape index (κ1) is 17.3. The average molecular weight is 341 g/mol. The lowest BCUT2D eigenvalue weighted by Gasteiger charge is -2.24. The van der Waals surface area contributed by atoms with Crippen LogP contribution < -0.4 is 5.32 Å². The Hall–Kier alpha value is -1.01. The van der Waals surface area contributed by atoms with Gasteiger partial charge in [0.25, 0.3) is 0 Å². The second-order valence-electron chi connectivity index (χ2n) is 5.60. The van der Waals surface area contributed by atoms with E-state index in [4.69, 9.17) is 0 Å². The molecule has 2 atom stereocenters. The summed E-state index contributed by atoms with van der Waals surface area (Å²) in [4.78, 5) is 14.5. The highest BCUT2D eigenvalue weighted by molar-refractivity contribution is 7.99. The van der Waals surface area contributed by atoms with Gasteiger partial charge in [-0.3, -0.25) is 4.21 Å². The molecule has 1 saturated heterocycles. The summed E-state index contributed by atoms with van der Waals surface area (Å²) in [6.45, 7) is 1.61. The second-order valence-corrected chi connectivity index (χ2v) is 8.18. The first-order valence-corrected chi connectivity index (χ1v) is 10.6. The average Bonchev–Trinajstić information content (AvgIpc) is 2.74. The first-order chi connectivity index (χ1) is 10.6. The van der Waals surface area contributed by atoms with Crippen molar-refractivity contribution in [3.8, 4) is 0 Å². The van der Waals surface area contributed by atoms with E-state index >= 15 is 0 Å². The number of hydrogen-bond acceptors (Lipinski definition) is 3. The van der Waals surface area contributed by atoms with Crippen molar-refractivity contribution in [2.24, 2.45) is 0 Å². The predicted octanol–water partition coefficient (Wildman–Crippen LogP) is 3.31. The van der Waals surface area contributed by atoms with Gasteiger partial charge in [0.15, 0.2) is 0 Å². The maximum atomic E-state index is 12.5. The minimum atomic E-state index is -0.925. The minimum Gasteiger partial charge on any atom is -0.323 e. The van der Waals surface area contributed by atoms with Gasteiger partial charge in [-0.1, -0.05) is 24.6 Å². The van der Waals surface area contributed by atoms with Crippen molar-refractivity contribution in [2.45, 2.75) is 30.3 Å². The van der Waals surface area contributed by atoms with Crippen molar-refractivity contribution in [1.82, 2.24) is 4.90 Å². The lowest BCUT2D eigenvalue weighted by Crippen LogP contribution is -2.38. The van der Waals surface area contributed by atoms with E-state index in [9.17, 15) is 9.00 Å². The van der Waals surface area contributed by atoms with Gasteiger partial charge in [0, 0.05) is 41.1 Å². The Kier molecular flexibility index (Phi) is 6.76. The molecule has 0 radical (unpaired) electrons. The molecule has 22 heavy (non-hydrogen) atoms. The van der Waals surface area contributed by atoms with Crippen molar-refractivity contribution < 1.29 is 9.00 Å². The number of likely N-dealkylation sites (tertiary alicyclic amines) is 1. The van der Waals surface area contributed by atoms with Crippen LogP contribution in [0.2, 0.25) is 0 Å². The van der Waals surface area contributed by atoms with Crippen LogP contribution in [0, 0.1) is 0 Å². The molecule has 0 aliphatic carbocycles. The van der Waals surface area contributed by atoms with E-state index in [1.807, 2.05) is 40.9 Å². The summed E-state index contributed by atoms with van der Waals surface area (Å²) in [5.74, 6) is 0.462. The fourth-order valence-electron chi connectivity index (χ4n) is 2.66. The Morgan fingerprint density at radius 2 is 2.18 bits per heavy atom. The minimum absolute atomic E-state index is 0.0460. The fraction of sp³-hybridized carbons (Fsp3) is 0.562. The first-order valence-electron chi connectivity index (χ1n) is 7.57. The highest BCUT2D eigenvalue weighted by atomic mass is 32.2.